The van der Waals surface area contributed by atoms with Crippen molar-refractivity contribution in [2.75, 3.05) is 33.9 Å². The van der Waals surface area contributed by atoms with Crippen molar-refractivity contribution in [3.63, 3.8) is 0 Å². The minimum Gasteiger partial charge on any atom is -0.349 e. The third kappa shape index (κ3) is 3.21. The largest absolute Gasteiger partial charge is 0.353 e. The molecule has 10 heteroatoms. The number of nitrogens with one attached hydrogen (secondary N) is 1. The van der Waals surface area contributed by atoms with E-state index in [2.05, 4.69) is 20.6 Å². The SMILES string of the molecule is CN(C)CCNC(=O)c1ncn2c(=O)n(CCF)nnc12. The molecule has 9 nitrogen and oxygen atoms in total. The molecule has 2 aromatic heterocycles. The molecule has 0 aliphatic carbocycles. The number of aryl methyl sites for hydroxylation is 1. The van der Waals surface area contributed by atoms with Gasteiger partial charge in [0.15, 0.2) is 11.3 Å². The lowest BCUT2D eigenvalue weighted by Gasteiger charge is -2.09. The molecule has 0 aromatic carbocycles. The summed E-state index contributed by atoms with van der Waals surface area (Å²) < 4.78 is 14.2. The van der Waals surface area contributed by atoms with Crippen LogP contribution in [0, 0.1) is 0 Å². The van der Waals surface area contributed by atoms with Crippen molar-refractivity contribution < 1.29 is 9.18 Å². The van der Waals surface area contributed by atoms with E-state index in [4.69, 9.17) is 0 Å². The summed E-state index contributed by atoms with van der Waals surface area (Å²) in [5.41, 5.74) is -0.513. The summed E-state index contributed by atoms with van der Waals surface area (Å²) in [5, 5.41) is 10.0. The van der Waals surface area contributed by atoms with Crippen molar-refractivity contribution >= 4 is 11.6 Å². The number of nitrogens with zero attached hydrogens (tertiary/aromatic N) is 6. The minimum atomic E-state index is -0.729. The van der Waals surface area contributed by atoms with Gasteiger partial charge in [0.1, 0.15) is 13.0 Å². The van der Waals surface area contributed by atoms with E-state index in [0.29, 0.717) is 13.1 Å². The molecular weight excluding hydrogens is 281 g/mol. The summed E-state index contributed by atoms with van der Waals surface area (Å²) >= 11 is 0. The van der Waals surface area contributed by atoms with E-state index >= 15 is 0 Å². The fraction of sp³-hybridized carbons (Fsp3) is 0.545. The molecule has 0 spiro atoms. The molecule has 1 N–H and O–H groups in total. The Morgan fingerprint density at radius 2 is 2.24 bits per heavy atom. The average molecular weight is 297 g/mol. The molecule has 0 atom stereocenters. The number of alkyl halides is 1. The Bertz CT molecular complexity index is 693. The van der Waals surface area contributed by atoms with Gasteiger partial charge in [-0.25, -0.2) is 18.6 Å². The highest BCUT2D eigenvalue weighted by molar-refractivity contribution is 5.97. The van der Waals surface area contributed by atoms with Gasteiger partial charge >= 0.3 is 5.69 Å². The van der Waals surface area contributed by atoms with Crippen molar-refractivity contribution in [2.24, 2.45) is 0 Å². The van der Waals surface area contributed by atoms with E-state index in [-0.39, 0.29) is 17.9 Å². The van der Waals surface area contributed by atoms with Crippen molar-refractivity contribution in [2.45, 2.75) is 6.54 Å². The van der Waals surface area contributed by atoms with Crippen LogP contribution in [0.4, 0.5) is 4.39 Å². The Morgan fingerprint density at radius 1 is 1.48 bits per heavy atom. The Labute approximate surface area is 119 Å². The van der Waals surface area contributed by atoms with Gasteiger partial charge in [-0.2, -0.15) is 4.68 Å². The molecule has 2 aromatic rings. The topological polar surface area (TPSA) is 97.4 Å². The van der Waals surface area contributed by atoms with Gasteiger partial charge < -0.3 is 10.2 Å². The molecule has 2 heterocycles. The monoisotopic (exact) mass is 297 g/mol. The third-order valence-corrected chi connectivity index (χ3v) is 2.77. The quantitative estimate of drug-likeness (QED) is 0.700. The van der Waals surface area contributed by atoms with Gasteiger partial charge in [-0.1, -0.05) is 5.21 Å². The summed E-state index contributed by atoms with van der Waals surface area (Å²) in [6.45, 7) is 0.195. The summed E-state index contributed by atoms with van der Waals surface area (Å²) in [7, 11) is 3.77. The highest BCUT2D eigenvalue weighted by Crippen LogP contribution is 2.02. The second-order valence-corrected chi connectivity index (χ2v) is 4.63. The number of likely N-dealkylation sites (N-methyl/N-ethyl adjacent to an activating group) is 1. The molecule has 0 saturated carbocycles. The van der Waals surface area contributed by atoms with Crippen LogP contribution in [0.15, 0.2) is 11.1 Å². The second kappa shape index (κ2) is 6.39. The molecule has 1 amide bonds. The summed E-state index contributed by atoms with van der Waals surface area (Å²) in [5.74, 6) is -0.434. The molecule has 0 fully saturated rings. The number of hydrogen-bond acceptors (Lipinski definition) is 6. The highest BCUT2D eigenvalue weighted by Gasteiger charge is 2.17. The van der Waals surface area contributed by atoms with Gasteiger partial charge in [0.25, 0.3) is 5.91 Å². The van der Waals surface area contributed by atoms with Crippen LogP contribution in [0.2, 0.25) is 0 Å². The number of aromatic nitrogens is 5. The fourth-order valence-corrected chi connectivity index (χ4v) is 1.69. The van der Waals surface area contributed by atoms with Crippen LogP contribution in [0.5, 0.6) is 0 Å². The van der Waals surface area contributed by atoms with Gasteiger partial charge in [-0.3, -0.25) is 4.79 Å². The molecule has 2 rings (SSSR count). The predicted octanol–water partition coefficient (Wildman–Crippen LogP) is -1.45. The third-order valence-electron chi connectivity index (χ3n) is 2.77. The number of amides is 1. The molecule has 0 radical (unpaired) electrons. The Hall–Kier alpha value is -2.36. The van der Waals surface area contributed by atoms with E-state index in [0.717, 1.165) is 9.08 Å². The van der Waals surface area contributed by atoms with Gasteiger partial charge in [0, 0.05) is 13.1 Å². The zero-order valence-electron chi connectivity index (χ0n) is 11.8. The maximum Gasteiger partial charge on any atom is 0.353 e. The van der Waals surface area contributed by atoms with Crippen molar-refractivity contribution in [3.05, 3.63) is 22.5 Å². The number of fused-ring (bicyclic) bond motifs is 1. The smallest absolute Gasteiger partial charge is 0.349 e. The van der Waals surface area contributed by atoms with Crippen LogP contribution in [0.1, 0.15) is 10.5 Å². The summed E-state index contributed by atoms with van der Waals surface area (Å²) in [6.07, 6.45) is 1.18. The standard InChI is InChI=1S/C11H16FN7O2/c1-17(2)6-4-13-10(20)8-9-15-16-19(5-3-12)11(21)18(9)7-14-8/h7H,3-6H2,1-2H3,(H,13,20). The normalized spacial score (nSPS) is 11.2. The maximum absolute atomic E-state index is 12.3. The molecule has 0 unspecified atom stereocenters. The number of imidazole rings is 1. The maximum atomic E-state index is 12.3. The Balaban J connectivity index is 2.24. The first-order chi connectivity index (χ1) is 10.0. The van der Waals surface area contributed by atoms with E-state index in [1.165, 1.54) is 6.33 Å². The Morgan fingerprint density at radius 3 is 2.90 bits per heavy atom. The van der Waals surface area contributed by atoms with Crippen LogP contribution >= 0.6 is 0 Å². The number of carbonyl (C=O) groups excluding carboxylic acids is 1. The van der Waals surface area contributed by atoms with Crippen molar-refractivity contribution in [3.8, 4) is 0 Å². The Kier molecular flexibility index (Phi) is 4.58. The molecule has 0 aliphatic heterocycles. The van der Waals surface area contributed by atoms with E-state index in [1.54, 1.807) is 0 Å². The summed E-state index contributed by atoms with van der Waals surface area (Å²) in [4.78, 5) is 29.7. The van der Waals surface area contributed by atoms with Crippen LogP contribution in [-0.2, 0) is 6.54 Å². The first-order valence-electron chi connectivity index (χ1n) is 6.34. The summed E-state index contributed by atoms with van der Waals surface area (Å²) in [6, 6.07) is 0. The predicted molar refractivity (Wildman–Crippen MR) is 71.9 cm³/mol. The first-order valence-corrected chi connectivity index (χ1v) is 6.34. The zero-order chi connectivity index (χ0) is 15.4. The molecule has 0 aliphatic rings. The molecule has 0 bridgehead atoms. The molecule has 114 valence electrons. The zero-order valence-corrected chi connectivity index (χ0v) is 11.8. The van der Waals surface area contributed by atoms with Gasteiger partial charge in [0.05, 0.1) is 6.54 Å². The van der Waals surface area contributed by atoms with Crippen LogP contribution in [0.25, 0.3) is 5.65 Å². The minimum absolute atomic E-state index is 0.0192. The lowest BCUT2D eigenvalue weighted by molar-refractivity contribution is 0.0948. The van der Waals surface area contributed by atoms with Crippen LogP contribution in [0.3, 0.4) is 0 Å². The second-order valence-electron chi connectivity index (χ2n) is 4.63. The average Bonchev–Trinajstić information content (AvgIpc) is 2.86. The van der Waals surface area contributed by atoms with E-state index < -0.39 is 18.3 Å². The van der Waals surface area contributed by atoms with E-state index in [9.17, 15) is 14.0 Å². The number of hydrogen-bond donors (Lipinski definition) is 1. The van der Waals surface area contributed by atoms with E-state index in [1.807, 2.05) is 19.0 Å². The number of rotatable bonds is 6. The first kappa shape index (κ1) is 15.0. The molecular formula is C11H16FN7O2. The molecule has 0 saturated heterocycles. The highest BCUT2D eigenvalue weighted by atomic mass is 19.1. The lowest BCUT2D eigenvalue weighted by atomic mass is 10.4. The van der Waals surface area contributed by atoms with Crippen molar-refractivity contribution in [1.29, 1.82) is 0 Å². The van der Waals surface area contributed by atoms with Gasteiger partial charge in [-0.15, -0.1) is 5.10 Å². The van der Waals surface area contributed by atoms with Gasteiger partial charge in [0.2, 0.25) is 0 Å². The van der Waals surface area contributed by atoms with Crippen molar-refractivity contribution in [1.82, 2.24) is 34.6 Å². The molecule has 21 heavy (non-hydrogen) atoms. The lowest BCUT2D eigenvalue weighted by Crippen LogP contribution is -2.33. The number of carbonyl (C=O) groups is 1. The van der Waals surface area contributed by atoms with Crippen LogP contribution < -0.4 is 11.0 Å². The van der Waals surface area contributed by atoms with Gasteiger partial charge in [-0.05, 0) is 14.1 Å². The van der Waals surface area contributed by atoms with Crippen LogP contribution in [-0.4, -0.2) is 69.0 Å². The number of halogens is 1. The fourth-order valence-electron chi connectivity index (χ4n) is 1.69.